The molecule has 0 aromatic heterocycles. The second kappa shape index (κ2) is 15.8. The summed E-state index contributed by atoms with van der Waals surface area (Å²) in [5.41, 5.74) is 2.42. The first kappa shape index (κ1) is 44.3. The molecule has 5 saturated carbocycles. The van der Waals surface area contributed by atoms with Gasteiger partial charge in [-0.2, -0.15) is 0 Å². The molecular formula is C52H76FNO5S. The molecule has 0 heterocycles. The van der Waals surface area contributed by atoms with Crippen LogP contribution in [0.4, 0.5) is 4.39 Å². The van der Waals surface area contributed by atoms with Gasteiger partial charge < -0.3 is 15.2 Å². The van der Waals surface area contributed by atoms with E-state index in [1.54, 1.807) is 0 Å². The number of aliphatic hydroxyl groups is 1. The number of halogens is 1. The lowest BCUT2D eigenvalue weighted by molar-refractivity contribution is -0.220. The lowest BCUT2D eigenvalue weighted by Crippen LogP contribution is -2.68. The Morgan fingerprint density at radius 3 is 2.27 bits per heavy atom. The summed E-state index contributed by atoms with van der Waals surface area (Å²) >= 11 is 0. The molecule has 0 unspecified atom stereocenters. The minimum absolute atomic E-state index is 0.0272. The summed E-state index contributed by atoms with van der Waals surface area (Å²) in [6.07, 6.45) is 23.6. The third-order valence-electron chi connectivity index (χ3n) is 19.8. The summed E-state index contributed by atoms with van der Waals surface area (Å²) in [4.78, 5) is 13.4. The predicted molar refractivity (Wildman–Crippen MR) is 239 cm³/mol. The molecule has 8 rings (SSSR count). The van der Waals surface area contributed by atoms with Gasteiger partial charge in [0.15, 0.2) is 0 Å². The zero-order chi connectivity index (χ0) is 43.0. The number of allylic oxidation sites excluding steroid dienone is 5. The zero-order valence-corrected chi connectivity index (χ0v) is 38.6. The van der Waals surface area contributed by atoms with Gasteiger partial charge in [0.05, 0.1) is 16.3 Å². The highest BCUT2D eigenvalue weighted by Crippen LogP contribution is 2.76. The molecule has 6 nitrogen and oxygen atoms in total. The van der Waals surface area contributed by atoms with Crippen LogP contribution < -0.4 is 5.32 Å². The van der Waals surface area contributed by atoms with E-state index in [-0.39, 0.29) is 39.1 Å². The van der Waals surface area contributed by atoms with E-state index in [9.17, 15) is 22.7 Å². The van der Waals surface area contributed by atoms with Gasteiger partial charge in [0.1, 0.15) is 23.1 Å². The number of nitrogens with one attached hydrogen (secondary N) is 1. The van der Waals surface area contributed by atoms with E-state index in [1.807, 2.05) is 30.3 Å². The molecule has 332 valence electrons. The van der Waals surface area contributed by atoms with Gasteiger partial charge in [0.2, 0.25) is 0 Å². The first-order valence-electron chi connectivity index (χ1n) is 23.8. The van der Waals surface area contributed by atoms with Gasteiger partial charge in [-0.15, -0.1) is 6.58 Å². The average molecular weight is 846 g/mol. The Labute approximate surface area is 362 Å². The van der Waals surface area contributed by atoms with Crippen LogP contribution in [0.3, 0.4) is 0 Å². The van der Waals surface area contributed by atoms with Crippen LogP contribution in [0, 0.1) is 56.7 Å². The molecule has 8 heteroatoms. The molecule has 60 heavy (non-hydrogen) atoms. The van der Waals surface area contributed by atoms with E-state index in [0.717, 1.165) is 31.4 Å². The first-order chi connectivity index (χ1) is 28.3. The number of hydrogen-bond donors (Lipinski definition) is 2. The summed E-state index contributed by atoms with van der Waals surface area (Å²) in [6, 6.07) is 9.65. The lowest BCUT2D eigenvalue weighted by Gasteiger charge is -2.72. The molecule has 10 atom stereocenters. The van der Waals surface area contributed by atoms with Crippen molar-refractivity contribution in [2.45, 2.75) is 167 Å². The van der Waals surface area contributed by atoms with Crippen molar-refractivity contribution in [3.8, 4) is 0 Å². The van der Waals surface area contributed by atoms with Crippen LogP contribution in [-0.4, -0.2) is 55.4 Å². The molecule has 0 spiro atoms. The maximum atomic E-state index is 14.8. The number of hydrogen-bond acceptors (Lipinski definition) is 6. The number of rotatable bonds is 11. The largest absolute Gasteiger partial charge is 0.460 e. The second-order valence-electron chi connectivity index (χ2n) is 22.7. The highest BCUT2D eigenvalue weighted by atomic mass is 32.2. The number of benzene rings is 1. The Morgan fingerprint density at radius 1 is 0.883 bits per heavy atom. The molecule has 0 radical (unpaired) electrons. The van der Waals surface area contributed by atoms with Crippen LogP contribution in [0.2, 0.25) is 0 Å². The van der Waals surface area contributed by atoms with Crippen LogP contribution in [0.1, 0.15) is 149 Å². The van der Waals surface area contributed by atoms with Gasteiger partial charge in [-0.05, 0) is 184 Å². The molecule has 1 aromatic rings. The predicted octanol–water partition coefficient (Wildman–Crippen LogP) is 11.1. The van der Waals surface area contributed by atoms with E-state index >= 15 is 0 Å². The van der Waals surface area contributed by atoms with Crippen LogP contribution in [0.5, 0.6) is 0 Å². The van der Waals surface area contributed by atoms with Gasteiger partial charge in [-0.3, -0.25) is 4.79 Å². The lowest BCUT2D eigenvalue weighted by atomic mass is 9.33. The fourth-order valence-electron chi connectivity index (χ4n) is 16.1. The number of sulfone groups is 1. The van der Waals surface area contributed by atoms with Gasteiger partial charge >= 0.3 is 5.97 Å². The van der Waals surface area contributed by atoms with Crippen LogP contribution in [0.15, 0.2) is 66.3 Å². The standard InChI is InChI=1S/C52H76FNO5S/c1-8-37-18-29-52(54-33-32-51(56)27-19-39(20-28-51)60(7,57)58)31-30-48(5)41(44(37)52)14-15-43-47(4)23-21-40(46(2,3)42(47)22-24-49(43,48)6)38-16-25-50(35-53,26-17-38)45(55)59-34-36-12-10-9-11-13-36/h8-13,16,21,37,39,41-44,54,56H,1,14-15,17-20,22-35H2,2-7H3/t37-,39?,41-,42+,43-,44-,47+,48-,49-,50+,51?,52+/m1/s1. The van der Waals surface area contributed by atoms with Gasteiger partial charge in [0.25, 0.3) is 0 Å². The van der Waals surface area contributed by atoms with Crippen LogP contribution in [0.25, 0.3) is 0 Å². The van der Waals surface area contributed by atoms with Crippen LogP contribution >= 0.6 is 0 Å². The minimum Gasteiger partial charge on any atom is -0.460 e. The maximum absolute atomic E-state index is 14.8. The van der Waals surface area contributed by atoms with Crippen molar-refractivity contribution in [2.24, 2.45) is 56.7 Å². The van der Waals surface area contributed by atoms with Crippen molar-refractivity contribution in [1.29, 1.82) is 0 Å². The van der Waals surface area contributed by atoms with Crippen molar-refractivity contribution in [2.75, 3.05) is 19.5 Å². The normalized spacial score (nSPS) is 43.6. The number of carbonyl (C=O) groups is 1. The molecule has 0 aliphatic heterocycles. The number of ether oxygens (including phenoxy) is 1. The Hall–Kier alpha value is -2.29. The first-order valence-corrected chi connectivity index (χ1v) is 25.7. The van der Waals surface area contributed by atoms with E-state index in [1.165, 1.54) is 55.9 Å². The number of esters is 1. The third kappa shape index (κ3) is 7.15. The SMILES string of the molecule is C=C[C@@H]1CC[C@]2(NCCC3(O)CCC(S(C)(=O)=O)CC3)CC[C@]3(C)[C@H](CC[C@@H]4[C@@]5(C)CC=C(C6=CC[C@](CF)(C(=O)OCc7ccccc7)CC6)C(C)(C)[C@@H]5CC[C@]43C)[C@@H]12. The fraction of sp³-hybridized carbons (Fsp3) is 0.750. The van der Waals surface area contributed by atoms with E-state index in [0.29, 0.717) is 81.0 Å². The van der Waals surface area contributed by atoms with Gasteiger partial charge in [-0.25, -0.2) is 12.8 Å². The Balaban J connectivity index is 0.976. The summed E-state index contributed by atoms with van der Waals surface area (Å²) in [6.45, 7) is 17.6. The van der Waals surface area contributed by atoms with E-state index in [2.05, 4.69) is 64.7 Å². The number of alkyl halides is 1. The Kier molecular flexibility index (Phi) is 11.6. The molecule has 7 aliphatic carbocycles. The monoisotopic (exact) mass is 846 g/mol. The Morgan fingerprint density at radius 2 is 1.62 bits per heavy atom. The summed E-state index contributed by atoms with van der Waals surface area (Å²) in [5.74, 6) is 2.40. The molecule has 0 saturated heterocycles. The second-order valence-corrected chi connectivity index (χ2v) is 25.0. The number of fused-ring (bicyclic) bond motifs is 7. The zero-order valence-electron chi connectivity index (χ0n) is 37.8. The number of carbonyl (C=O) groups excluding carboxylic acids is 1. The smallest absolute Gasteiger partial charge is 0.315 e. The molecule has 7 aliphatic rings. The van der Waals surface area contributed by atoms with Crippen molar-refractivity contribution >= 4 is 15.8 Å². The van der Waals surface area contributed by atoms with Crippen molar-refractivity contribution < 1.29 is 27.4 Å². The van der Waals surface area contributed by atoms with Crippen molar-refractivity contribution in [3.05, 3.63) is 71.8 Å². The molecule has 0 bridgehead atoms. The maximum Gasteiger partial charge on any atom is 0.315 e. The quantitative estimate of drug-likeness (QED) is 0.170. The average Bonchev–Trinajstić information content (AvgIpc) is 3.59. The highest BCUT2D eigenvalue weighted by Gasteiger charge is 2.70. The van der Waals surface area contributed by atoms with E-state index in [4.69, 9.17) is 4.74 Å². The van der Waals surface area contributed by atoms with Gasteiger partial charge in [-0.1, -0.05) is 83.2 Å². The molecular weight excluding hydrogens is 770 g/mol. The molecule has 2 N–H and O–H groups in total. The Bertz CT molecular complexity index is 1970. The molecule has 5 fully saturated rings. The molecule has 0 amide bonds. The topological polar surface area (TPSA) is 92.7 Å². The van der Waals surface area contributed by atoms with Crippen molar-refractivity contribution in [1.82, 2.24) is 5.32 Å². The molecule has 1 aromatic carbocycles. The summed E-state index contributed by atoms with van der Waals surface area (Å²) in [7, 11) is -3.07. The van der Waals surface area contributed by atoms with E-state index < -0.39 is 33.5 Å². The minimum atomic E-state index is -3.07. The highest BCUT2D eigenvalue weighted by molar-refractivity contribution is 7.91. The van der Waals surface area contributed by atoms with Crippen molar-refractivity contribution in [3.63, 3.8) is 0 Å². The summed E-state index contributed by atoms with van der Waals surface area (Å²) in [5, 5.41) is 15.4. The fourth-order valence-corrected chi connectivity index (χ4v) is 17.2. The van der Waals surface area contributed by atoms with Gasteiger partial charge in [0, 0.05) is 11.8 Å². The summed E-state index contributed by atoms with van der Waals surface area (Å²) < 4.78 is 44.9. The third-order valence-corrected chi connectivity index (χ3v) is 21.4. The van der Waals surface area contributed by atoms with Crippen LogP contribution in [-0.2, 0) is 26.0 Å².